The summed E-state index contributed by atoms with van der Waals surface area (Å²) in [5, 5.41) is 6.24. The van der Waals surface area contributed by atoms with Crippen LogP contribution < -0.4 is 15.2 Å². The van der Waals surface area contributed by atoms with E-state index in [0.717, 1.165) is 22.7 Å². The molecule has 1 atom stereocenters. The average molecular weight is 530 g/mol. The zero-order valence-corrected chi connectivity index (χ0v) is 21.8. The standard InChI is InChI=1S/C27H27N7O3S/c1-3-24(35)33-11-5-7-19(15-33)34-27-25(26(28)30-17-31-27)22(32-34)10-6-12-36-20-8-4-9-21(13-20)37-16-23-29-14-18(2)38-23/h3-4,8-9,13-14,17,19H,1,5,7,11-12,15-16H2,2H3,(H2,28,30,31)/t19-/m1/s1. The van der Waals surface area contributed by atoms with E-state index in [4.69, 9.17) is 20.3 Å². The van der Waals surface area contributed by atoms with Crippen LogP contribution in [0.4, 0.5) is 5.82 Å². The molecule has 11 heteroatoms. The molecule has 4 heterocycles. The molecule has 0 unspecified atom stereocenters. The Bertz CT molecular complexity index is 1530. The number of thiazole rings is 1. The number of ether oxygens (including phenoxy) is 2. The van der Waals surface area contributed by atoms with Crippen LogP contribution in [0.2, 0.25) is 0 Å². The van der Waals surface area contributed by atoms with Crippen molar-refractivity contribution >= 4 is 34.1 Å². The first-order valence-electron chi connectivity index (χ1n) is 12.2. The van der Waals surface area contributed by atoms with Gasteiger partial charge >= 0.3 is 0 Å². The predicted octanol–water partition coefficient (Wildman–Crippen LogP) is 3.53. The van der Waals surface area contributed by atoms with Crippen molar-refractivity contribution in [3.8, 4) is 23.3 Å². The van der Waals surface area contributed by atoms with Crippen LogP contribution in [0.3, 0.4) is 0 Å². The number of aromatic nitrogens is 5. The number of anilines is 1. The van der Waals surface area contributed by atoms with Crippen molar-refractivity contribution in [2.75, 3.05) is 25.4 Å². The first-order valence-corrected chi connectivity index (χ1v) is 13.0. The molecule has 1 saturated heterocycles. The van der Waals surface area contributed by atoms with Crippen molar-refractivity contribution < 1.29 is 14.3 Å². The topological polar surface area (TPSA) is 121 Å². The number of likely N-dealkylation sites (tertiary alicyclic amines) is 1. The van der Waals surface area contributed by atoms with Crippen LogP contribution in [0.5, 0.6) is 11.5 Å². The number of piperidine rings is 1. The van der Waals surface area contributed by atoms with Gasteiger partial charge < -0.3 is 20.1 Å². The van der Waals surface area contributed by atoms with Crippen molar-refractivity contribution in [2.24, 2.45) is 0 Å². The van der Waals surface area contributed by atoms with Crippen LogP contribution in [0.15, 0.2) is 49.4 Å². The molecule has 0 spiro atoms. The zero-order valence-electron chi connectivity index (χ0n) is 21.0. The average Bonchev–Trinajstić information content (AvgIpc) is 3.53. The molecular weight excluding hydrogens is 502 g/mol. The molecule has 1 aliphatic rings. The van der Waals surface area contributed by atoms with Crippen LogP contribution in [0.25, 0.3) is 11.0 Å². The number of amides is 1. The summed E-state index contributed by atoms with van der Waals surface area (Å²) in [6.45, 7) is 7.37. The lowest BCUT2D eigenvalue weighted by molar-refractivity contribution is -0.127. The number of rotatable bonds is 7. The van der Waals surface area contributed by atoms with Crippen molar-refractivity contribution in [1.29, 1.82) is 0 Å². The molecule has 0 bridgehead atoms. The van der Waals surface area contributed by atoms with Gasteiger partial charge in [0.25, 0.3) is 0 Å². The Morgan fingerprint density at radius 3 is 2.92 bits per heavy atom. The fraction of sp³-hybridized carbons (Fsp3) is 0.296. The minimum absolute atomic E-state index is 0.0488. The fourth-order valence-electron chi connectivity index (χ4n) is 4.33. The van der Waals surface area contributed by atoms with Crippen molar-refractivity contribution in [3.05, 3.63) is 65.0 Å². The van der Waals surface area contributed by atoms with Crippen LogP contribution in [-0.2, 0) is 11.4 Å². The monoisotopic (exact) mass is 529 g/mol. The zero-order chi connectivity index (χ0) is 26.5. The normalized spacial score (nSPS) is 15.1. The Morgan fingerprint density at radius 1 is 1.29 bits per heavy atom. The molecule has 2 N–H and O–H groups in total. The molecule has 1 amide bonds. The highest BCUT2D eigenvalue weighted by Gasteiger charge is 2.27. The van der Waals surface area contributed by atoms with Gasteiger partial charge in [-0.25, -0.2) is 19.6 Å². The minimum Gasteiger partial charge on any atom is -0.486 e. The Balaban J connectivity index is 1.29. The van der Waals surface area contributed by atoms with E-state index in [1.165, 1.54) is 12.4 Å². The summed E-state index contributed by atoms with van der Waals surface area (Å²) in [5.74, 6) is 7.62. The molecule has 0 aliphatic carbocycles. The van der Waals surface area contributed by atoms with Crippen LogP contribution in [-0.4, -0.2) is 55.2 Å². The van der Waals surface area contributed by atoms with Gasteiger partial charge in [0.1, 0.15) is 47.6 Å². The maximum Gasteiger partial charge on any atom is 0.246 e. The molecule has 194 valence electrons. The number of aryl methyl sites for hydroxylation is 1. The third-order valence-corrected chi connectivity index (χ3v) is 6.99. The number of benzene rings is 1. The Kier molecular flexibility index (Phi) is 7.51. The summed E-state index contributed by atoms with van der Waals surface area (Å²) in [6.07, 6.45) is 6.30. The number of fused-ring (bicyclic) bond motifs is 1. The van der Waals surface area contributed by atoms with Gasteiger partial charge in [0.2, 0.25) is 5.91 Å². The molecule has 38 heavy (non-hydrogen) atoms. The number of hydrogen-bond acceptors (Lipinski definition) is 9. The van der Waals surface area contributed by atoms with Gasteiger partial charge in [-0.1, -0.05) is 18.6 Å². The van der Waals surface area contributed by atoms with E-state index in [2.05, 4.69) is 33.4 Å². The highest BCUT2D eigenvalue weighted by atomic mass is 32.1. The smallest absolute Gasteiger partial charge is 0.246 e. The summed E-state index contributed by atoms with van der Waals surface area (Å²) in [7, 11) is 0. The lowest BCUT2D eigenvalue weighted by Gasteiger charge is -2.32. The van der Waals surface area contributed by atoms with E-state index >= 15 is 0 Å². The number of nitrogens with two attached hydrogens (primary N) is 1. The van der Waals surface area contributed by atoms with E-state index in [0.29, 0.717) is 53.7 Å². The second-order valence-corrected chi connectivity index (χ2v) is 10.1. The third-order valence-electron chi connectivity index (χ3n) is 6.10. The Hall–Kier alpha value is -4.43. The summed E-state index contributed by atoms with van der Waals surface area (Å²) < 4.78 is 13.5. The van der Waals surface area contributed by atoms with Crippen LogP contribution in [0.1, 0.15) is 34.5 Å². The summed E-state index contributed by atoms with van der Waals surface area (Å²) in [4.78, 5) is 28.0. The van der Waals surface area contributed by atoms with E-state index in [1.54, 1.807) is 16.2 Å². The number of nitrogens with zero attached hydrogens (tertiary/aromatic N) is 6. The number of nitrogen functional groups attached to an aromatic ring is 1. The van der Waals surface area contributed by atoms with Crippen molar-refractivity contribution in [1.82, 2.24) is 29.6 Å². The molecular formula is C27H27N7O3S. The molecule has 5 rings (SSSR count). The Labute approximate surface area is 224 Å². The quantitative estimate of drug-likeness (QED) is 0.285. The van der Waals surface area contributed by atoms with Crippen LogP contribution >= 0.6 is 11.3 Å². The maximum atomic E-state index is 12.2. The highest BCUT2D eigenvalue weighted by Crippen LogP contribution is 2.28. The van der Waals surface area contributed by atoms with E-state index in [9.17, 15) is 4.79 Å². The number of carbonyl (C=O) groups is 1. The molecule has 0 radical (unpaired) electrons. The summed E-state index contributed by atoms with van der Waals surface area (Å²) in [5.41, 5.74) is 7.26. The SMILES string of the molecule is C=CC(=O)N1CCC[C@@H](n2nc(C#CCOc3cccc(OCc4ncc(C)s4)c3)c3c(N)ncnc32)C1. The molecule has 1 aromatic carbocycles. The lowest BCUT2D eigenvalue weighted by Crippen LogP contribution is -2.40. The Morgan fingerprint density at radius 2 is 2.13 bits per heavy atom. The van der Waals surface area contributed by atoms with E-state index < -0.39 is 0 Å². The minimum atomic E-state index is -0.0924. The lowest BCUT2D eigenvalue weighted by atomic mass is 10.1. The first kappa shape index (κ1) is 25.2. The van der Waals surface area contributed by atoms with E-state index in [1.807, 2.05) is 42.1 Å². The molecule has 0 saturated carbocycles. The number of hydrogen-bond donors (Lipinski definition) is 1. The van der Waals surface area contributed by atoms with E-state index in [-0.39, 0.29) is 18.6 Å². The second kappa shape index (κ2) is 11.3. The first-order chi connectivity index (χ1) is 18.5. The molecule has 4 aromatic rings. The van der Waals surface area contributed by atoms with Crippen LogP contribution in [0, 0.1) is 18.8 Å². The fourth-order valence-corrected chi connectivity index (χ4v) is 5.03. The van der Waals surface area contributed by atoms with Gasteiger partial charge in [0.15, 0.2) is 5.65 Å². The molecule has 1 fully saturated rings. The van der Waals surface area contributed by atoms with Gasteiger partial charge in [-0.15, -0.1) is 11.3 Å². The largest absolute Gasteiger partial charge is 0.486 e. The van der Waals surface area contributed by atoms with Crippen molar-refractivity contribution in [2.45, 2.75) is 32.4 Å². The summed E-state index contributed by atoms with van der Waals surface area (Å²) in [6, 6.07) is 7.35. The second-order valence-electron chi connectivity index (χ2n) is 8.75. The highest BCUT2D eigenvalue weighted by molar-refractivity contribution is 7.11. The molecule has 3 aromatic heterocycles. The van der Waals surface area contributed by atoms with Gasteiger partial charge in [-0.2, -0.15) is 5.10 Å². The molecule has 10 nitrogen and oxygen atoms in total. The van der Waals surface area contributed by atoms with Gasteiger partial charge in [-0.05, 0) is 43.9 Å². The predicted molar refractivity (Wildman–Crippen MR) is 145 cm³/mol. The maximum absolute atomic E-state index is 12.2. The molecule has 1 aliphatic heterocycles. The van der Waals surface area contributed by atoms with Crippen molar-refractivity contribution in [3.63, 3.8) is 0 Å². The van der Waals surface area contributed by atoms with Gasteiger partial charge in [-0.3, -0.25) is 4.79 Å². The summed E-state index contributed by atoms with van der Waals surface area (Å²) >= 11 is 1.61. The number of carbonyl (C=O) groups excluding carboxylic acids is 1. The van der Waals surface area contributed by atoms with Gasteiger partial charge in [0, 0.05) is 30.2 Å². The third kappa shape index (κ3) is 5.60. The van der Waals surface area contributed by atoms with Gasteiger partial charge in [0.05, 0.1) is 11.4 Å².